The van der Waals surface area contributed by atoms with E-state index in [0.717, 1.165) is 6.92 Å². The molecule has 3 rings (SSSR count). The summed E-state index contributed by atoms with van der Waals surface area (Å²) >= 11 is 0. The van der Waals surface area contributed by atoms with E-state index in [1.54, 1.807) is 0 Å². The van der Waals surface area contributed by atoms with E-state index in [1.807, 2.05) is 0 Å². The maximum absolute atomic E-state index is 11.8. The standard InChI is InChI=1S/C20H35NO15/c1-5-10(25)12(27)14(29)19(32-5)36-17-9(21-6(2)24)18(31)33-8(4-23)16(17)35-20-15(30)13(28)11(26)7(3-22)34-20/h5,7-20,22-23,25-31H,3-4H2,1-2H3,(H,21,24)/t5-,7+,8+,9+,10+,11+,12+,13-,14-,15+,16+,17+,18?,19-,20-/m0/s1. The van der Waals surface area contributed by atoms with Gasteiger partial charge in [0.05, 0.1) is 19.3 Å². The number of aliphatic hydroxyl groups is 9. The molecule has 3 aliphatic heterocycles. The molecule has 10 N–H and O–H groups in total. The van der Waals surface area contributed by atoms with Crippen LogP contribution in [-0.2, 0) is 28.5 Å². The average Bonchev–Trinajstić information content (AvgIpc) is 2.84. The van der Waals surface area contributed by atoms with Crippen molar-refractivity contribution >= 4 is 5.91 Å². The maximum atomic E-state index is 11.8. The third-order valence-electron chi connectivity index (χ3n) is 6.45. The van der Waals surface area contributed by atoms with Crippen LogP contribution in [-0.4, -0.2) is 157 Å². The van der Waals surface area contributed by atoms with Gasteiger partial charge in [-0.2, -0.15) is 0 Å². The SMILES string of the molecule is CC(=O)N[C@H]1C(O)O[C@H](CO)[C@@H](O[C@@H]2O[C@H](CO)[C@@H](O)[C@H](O)[C@H]2O)[C@@H]1O[C@@H]1O[C@@H](C)[C@@H](O)[C@@H](O)[C@@H]1O. The molecule has 0 bridgehead atoms. The highest BCUT2D eigenvalue weighted by atomic mass is 16.7. The molecule has 0 saturated carbocycles. The molecule has 36 heavy (non-hydrogen) atoms. The fourth-order valence-electron chi connectivity index (χ4n) is 4.40. The van der Waals surface area contributed by atoms with Crippen LogP contribution >= 0.6 is 0 Å². The molecule has 15 atom stereocenters. The summed E-state index contributed by atoms with van der Waals surface area (Å²) < 4.78 is 27.7. The van der Waals surface area contributed by atoms with Crippen LogP contribution in [0.25, 0.3) is 0 Å². The quantitative estimate of drug-likeness (QED) is 0.147. The van der Waals surface area contributed by atoms with Crippen molar-refractivity contribution in [2.45, 2.75) is 106 Å². The zero-order valence-corrected chi connectivity index (χ0v) is 19.5. The molecule has 3 aliphatic rings. The van der Waals surface area contributed by atoms with E-state index in [1.165, 1.54) is 6.92 Å². The van der Waals surface area contributed by atoms with Gasteiger partial charge in [-0.15, -0.1) is 0 Å². The summed E-state index contributed by atoms with van der Waals surface area (Å²) in [5.74, 6) is -0.640. The first-order chi connectivity index (χ1) is 16.9. The third-order valence-corrected chi connectivity index (χ3v) is 6.45. The molecule has 3 fully saturated rings. The number of carbonyl (C=O) groups is 1. The molecule has 0 radical (unpaired) electrons. The number of amides is 1. The zero-order valence-electron chi connectivity index (χ0n) is 19.5. The molecule has 16 heteroatoms. The molecule has 3 saturated heterocycles. The van der Waals surface area contributed by atoms with Crippen molar-refractivity contribution in [3.63, 3.8) is 0 Å². The van der Waals surface area contributed by atoms with E-state index < -0.39 is 111 Å². The molecule has 0 spiro atoms. The Morgan fingerprint density at radius 3 is 1.81 bits per heavy atom. The van der Waals surface area contributed by atoms with Crippen LogP contribution in [0.1, 0.15) is 13.8 Å². The summed E-state index contributed by atoms with van der Waals surface area (Å²) in [4.78, 5) is 11.8. The minimum absolute atomic E-state index is 0.640. The summed E-state index contributed by atoms with van der Waals surface area (Å²) in [7, 11) is 0. The van der Waals surface area contributed by atoms with Gasteiger partial charge >= 0.3 is 0 Å². The highest BCUT2D eigenvalue weighted by Gasteiger charge is 2.54. The minimum atomic E-state index is -1.85. The van der Waals surface area contributed by atoms with E-state index in [2.05, 4.69) is 5.32 Å². The number of aliphatic hydroxyl groups excluding tert-OH is 9. The first-order valence-corrected chi connectivity index (χ1v) is 11.4. The predicted molar refractivity (Wildman–Crippen MR) is 111 cm³/mol. The second-order valence-electron chi connectivity index (χ2n) is 9.05. The molecule has 1 amide bonds. The first kappa shape index (κ1) is 29.5. The van der Waals surface area contributed by atoms with Crippen LogP contribution in [0, 0.1) is 0 Å². The smallest absolute Gasteiger partial charge is 0.217 e. The van der Waals surface area contributed by atoms with Crippen molar-refractivity contribution in [1.82, 2.24) is 5.32 Å². The van der Waals surface area contributed by atoms with E-state index in [0.29, 0.717) is 0 Å². The lowest BCUT2D eigenvalue weighted by Gasteiger charge is -2.49. The largest absolute Gasteiger partial charge is 0.394 e. The molecule has 0 aromatic heterocycles. The van der Waals surface area contributed by atoms with Crippen LogP contribution in [0.3, 0.4) is 0 Å². The van der Waals surface area contributed by atoms with Gasteiger partial charge in [-0.05, 0) is 6.92 Å². The molecule has 0 aromatic carbocycles. The van der Waals surface area contributed by atoms with Gasteiger partial charge in [-0.3, -0.25) is 4.79 Å². The summed E-state index contributed by atoms with van der Waals surface area (Å²) in [6.45, 7) is 1.00. The fraction of sp³-hybridized carbons (Fsp3) is 0.950. The third kappa shape index (κ3) is 5.97. The normalized spacial score (nSPS) is 50.0. The van der Waals surface area contributed by atoms with Crippen molar-refractivity contribution < 1.29 is 74.4 Å². The van der Waals surface area contributed by atoms with Crippen LogP contribution in [0.5, 0.6) is 0 Å². The Hall–Kier alpha value is -1.09. The van der Waals surface area contributed by atoms with E-state index in [4.69, 9.17) is 23.7 Å². The molecule has 210 valence electrons. The molecular weight excluding hydrogens is 494 g/mol. The molecule has 0 aromatic rings. The second kappa shape index (κ2) is 12.2. The Balaban J connectivity index is 1.92. The Kier molecular flexibility index (Phi) is 9.97. The van der Waals surface area contributed by atoms with Crippen LogP contribution < -0.4 is 5.32 Å². The molecular formula is C20H35NO15. The molecule has 0 aliphatic carbocycles. The van der Waals surface area contributed by atoms with Crippen molar-refractivity contribution in [2.75, 3.05) is 13.2 Å². The number of rotatable bonds is 7. The van der Waals surface area contributed by atoms with Gasteiger partial charge in [0.2, 0.25) is 5.91 Å². The van der Waals surface area contributed by atoms with Gasteiger partial charge in [0.25, 0.3) is 0 Å². The lowest BCUT2D eigenvalue weighted by atomic mass is 9.94. The minimum Gasteiger partial charge on any atom is -0.394 e. The molecule has 16 nitrogen and oxygen atoms in total. The summed E-state index contributed by atoms with van der Waals surface area (Å²) in [5.41, 5.74) is 0. The molecule has 1 unspecified atom stereocenters. The molecule has 3 heterocycles. The van der Waals surface area contributed by atoms with Crippen LogP contribution in [0.4, 0.5) is 0 Å². The Bertz CT molecular complexity index is 729. The van der Waals surface area contributed by atoms with E-state index >= 15 is 0 Å². The lowest BCUT2D eigenvalue weighted by Crippen LogP contribution is -2.69. The van der Waals surface area contributed by atoms with E-state index in [9.17, 15) is 50.8 Å². The summed E-state index contributed by atoms with van der Waals surface area (Å²) in [6.07, 6.45) is -22.0. The van der Waals surface area contributed by atoms with Gasteiger partial charge in [0.1, 0.15) is 67.1 Å². The first-order valence-electron chi connectivity index (χ1n) is 11.4. The lowest BCUT2D eigenvalue weighted by molar-refractivity contribution is -0.370. The van der Waals surface area contributed by atoms with Crippen molar-refractivity contribution in [2.24, 2.45) is 0 Å². The summed E-state index contributed by atoms with van der Waals surface area (Å²) in [5, 5.41) is 93.2. The average molecular weight is 529 g/mol. The number of nitrogens with one attached hydrogen (secondary N) is 1. The predicted octanol–water partition coefficient (Wildman–Crippen LogP) is -6.40. The van der Waals surface area contributed by atoms with Crippen molar-refractivity contribution in [1.29, 1.82) is 0 Å². The number of hydrogen-bond donors (Lipinski definition) is 10. The van der Waals surface area contributed by atoms with Gasteiger partial charge < -0.3 is 75.0 Å². The van der Waals surface area contributed by atoms with Crippen molar-refractivity contribution in [3.8, 4) is 0 Å². The monoisotopic (exact) mass is 529 g/mol. The number of carbonyl (C=O) groups excluding carboxylic acids is 1. The topological polar surface area (TPSA) is 257 Å². The highest BCUT2D eigenvalue weighted by Crippen LogP contribution is 2.32. The fourth-order valence-corrected chi connectivity index (χ4v) is 4.40. The van der Waals surface area contributed by atoms with Crippen molar-refractivity contribution in [3.05, 3.63) is 0 Å². The van der Waals surface area contributed by atoms with E-state index in [-0.39, 0.29) is 0 Å². The number of hydrogen-bond acceptors (Lipinski definition) is 15. The number of ether oxygens (including phenoxy) is 5. The zero-order chi connectivity index (χ0) is 26.9. The Labute approximate surface area is 205 Å². The van der Waals surface area contributed by atoms with Crippen LogP contribution in [0.2, 0.25) is 0 Å². The van der Waals surface area contributed by atoms with Gasteiger partial charge in [0, 0.05) is 6.92 Å². The Morgan fingerprint density at radius 2 is 1.25 bits per heavy atom. The second-order valence-corrected chi connectivity index (χ2v) is 9.05. The maximum Gasteiger partial charge on any atom is 0.217 e. The van der Waals surface area contributed by atoms with Crippen LogP contribution in [0.15, 0.2) is 0 Å². The Morgan fingerprint density at radius 1 is 0.722 bits per heavy atom. The van der Waals surface area contributed by atoms with Gasteiger partial charge in [-0.25, -0.2) is 0 Å². The summed E-state index contributed by atoms with van der Waals surface area (Å²) in [6, 6.07) is -1.41. The highest BCUT2D eigenvalue weighted by molar-refractivity contribution is 5.73. The van der Waals surface area contributed by atoms with Gasteiger partial charge in [-0.1, -0.05) is 0 Å². The van der Waals surface area contributed by atoms with Gasteiger partial charge in [0.15, 0.2) is 18.9 Å².